The molecule has 0 spiro atoms. The summed E-state index contributed by atoms with van der Waals surface area (Å²) >= 11 is 6.09. The van der Waals surface area contributed by atoms with E-state index in [2.05, 4.69) is 5.32 Å². The van der Waals surface area contributed by atoms with Crippen LogP contribution in [0.3, 0.4) is 0 Å². The van der Waals surface area contributed by atoms with Gasteiger partial charge in [-0.05, 0) is 20.8 Å². The van der Waals surface area contributed by atoms with Gasteiger partial charge in [-0.3, -0.25) is 0 Å². The summed E-state index contributed by atoms with van der Waals surface area (Å²) in [7, 11) is 3.05. The van der Waals surface area contributed by atoms with Gasteiger partial charge in [-0.2, -0.15) is 0 Å². The molecule has 1 aromatic rings. The van der Waals surface area contributed by atoms with Gasteiger partial charge in [0.15, 0.2) is 11.5 Å². The number of amides is 1. The van der Waals surface area contributed by atoms with Crippen LogP contribution in [0.15, 0.2) is 12.1 Å². The standard InChI is InChI=1S/C15H22ClNO5/c1-15(2,3)22-14(18)17-6-7-21-11-9-13(20-5)12(19-4)8-10(11)16/h8-9H,6-7H2,1-5H3,(H,17,18). The predicted octanol–water partition coefficient (Wildman–Crippen LogP) is 3.26. The fraction of sp³-hybridized carbons (Fsp3) is 0.533. The summed E-state index contributed by atoms with van der Waals surface area (Å²) in [6.07, 6.45) is -0.491. The highest BCUT2D eigenvalue weighted by molar-refractivity contribution is 6.32. The summed E-state index contributed by atoms with van der Waals surface area (Å²) in [5.74, 6) is 1.49. The number of ether oxygens (including phenoxy) is 4. The van der Waals surface area contributed by atoms with Crippen LogP contribution in [0.1, 0.15) is 20.8 Å². The minimum Gasteiger partial charge on any atom is -0.493 e. The minimum atomic E-state index is -0.530. The molecule has 0 fully saturated rings. The van der Waals surface area contributed by atoms with Crippen molar-refractivity contribution in [1.82, 2.24) is 5.32 Å². The largest absolute Gasteiger partial charge is 0.493 e. The van der Waals surface area contributed by atoms with Gasteiger partial charge >= 0.3 is 6.09 Å². The van der Waals surface area contributed by atoms with Crippen molar-refractivity contribution in [2.75, 3.05) is 27.4 Å². The van der Waals surface area contributed by atoms with E-state index < -0.39 is 11.7 Å². The van der Waals surface area contributed by atoms with E-state index >= 15 is 0 Å². The van der Waals surface area contributed by atoms with Gasteiger partial charge in [-0.15, -0.1) is 0 Å². The Morgan fingerprint density at radius 3 is 2.27 bits per heavy atom. The summed E-state index contributed by atoms with van der Waals surface area (Å²) in [5.41, 5.74) is -0.530. The van der Waals surface area contributed by atoms with Gasteiger partial charge in [0.25, 0.3) is 0 Å². The monoisotopic (exact) mass is 331 g/mol. The third kappa shape index (κ3) is 5.89. The van der Waals surface area contributed by atoms with Crippen LogP contribution in [0.2, 0.25) is 5.02 Å². The Hall–Kier alpha value is -1.82. The lowest BCUT2D eigenvalue weighted by Gasteiger charge is -2.19. The number of benzene rings is 1. The van der Waals surface area contributed by atoms with Crippen LogP contribution in [-0.2, 0) is 4.74 Å². The van der Waals surface area contributed by atoms with Crippen molar-refractivity contribution in [2.45, 2.75) is 26.4 Å². The first-order valence-electron chi connectivity index (χ1n) is 6.78. The molecule has 0 aliphatic heterocycles. The SMILES string of the molecule is COc1cc(Cl)c(OCCNC(=O)OC(C)(C)C)cc1OC. The molecule has 0 aromatic heterocycles. The van der Waals surface area contributed by atoms with Gasteiger partial charge in [-0.25, -0.2) is 4.79 Å². The topological polar surface area (TPSA) is 66.0 Å². The molecule has 1 amide bonds. The molecule has 1 N–H and O–H groups in total. The van der Waals surface area contributed by atoms with E-state index in [-0.39, 0.29) is 6.61 Å². The number of nitrogens with one attached hydrogen (secondary N) is 1. The maximum absolute atomic E-state index is 11.5. The van der Waals surface area contributed by atoms with E-state index in [9.17, 15) is 4.79 Å². The van der Waals surface area contributed by atoms with E-state index in [1.165, 1.54) is 14.2 Å². The molecule has 0 heterocycles. The number of hydrogen-bond acceptors (Lipinski definition) is 5. The third-order valence-corrected chi connectivity index (χ3v) is 2.76. The van der Waals surface area contributed by atoms with Crippen molar-refractivity contribution in [3.05, 3.63) is 17.2 Å². The molecule has 0 aliphatic rings. The minimum absolute atomic E-state index is 0.244. The highest BCUT2D eigenvalue weighted by Crippen LogP contribution is 2.37. The molecule has 124 valence electrons. The predicted molar refractivity (Wildman–Crippen MR) is 84.3 cm³/mol. The summed E-state index contributed by atoms with van der Waals surface area (Å²) in [6.45, 7) is 5.93. The third-order valence-electron chi connectivity index (χ3n) is 2.47. The number of rotatable bonds is 6. The fourth-order valence-electron chi connectivity index (χ4n) is 1.57. The van der Waals surface area contributed by atoms with Crippen LogP contribution in [0.4, 0.5) is 4.79 Å². The summed E-state index contributed by atoms with van der Waals surface area (Å²) in [4.78, 5) is 11.5. The average molecular weight is 332 g/mol. The second kappa shape index (κ2) is 7.98. The Morgan fingerprint density at radius 2 is 1.73 bits per heavy atom. The second-order valence-electron chi connectivity index (χ2n) is 5.41. The molecule has 1 aromatic carbocycles. The van der Waals surface area contributed by atoms with Crippen molar-refractivity contribution in [2.24, 2.45) is 0 Å². The van der Waals surface area contributed by atoms with Crippen molar-refractivity contribution >= 4 is 17.7 Å². The van der Waals surface area contributed by atoms with Gasteiger partial charge in [0, 0.05) is 12.1 Å². The summed E-state index contributed by atoms with van der Waals surface area (Å²) in [5, 5.41) is 2.99. The number of alkyl carbamates (subject to hydrolysis) is 1. The van der Waals surface area contributed by atoms with Gasteiger partial charge < -0.3 is 24.3 Å². The maximum Gasteiger partial charge on any atom is 0.407 e. The van der Waals surface area contributed by atoms with Gasteiger partial charge in [0.1, 0.15) is 18.0 Å². The zero-order chi connectivity index (χ0) is 16.8. The van der Waals surface area contributed by atoms with E-state index in [0.717, 1.165) is 0 Å². The van der Waals surface area contributed by atoms with E-state index in [1.807, 2.05) is 0 Å². The van der Waals surface area contributed by atoms with E-state index in [4.69, 9.17) is 30.5 Å². The maximum atomic E-state index is 11.5. The molecule has 1 rings (SSSR count). The highest BCUT2D eigenvalue weighted by atomic mass is 35.5. The lowest BCUT2D eigenvalue weighted by molar-refractivity contribution is 0.0520. The number of halogens is 1. The van der Waals surface area contributed by atoms with Crippen LogP contribution in [0, 0.1) is 0 Å². The number of hydrogen-bond donors (Lipinski definition) is 1. The second-order valence-corrected chi connectivity index (χ2v) is 5.82. The number of methoxy groups -OCH3 is 2. The molecule has 22 heavy (non-hydrogen) atoms. The smallest absolute Gasteiger partial charge is 0.407 e. The first-order valence-corrected chi connectivity index (χ1v) is 7.16. The van der Waals surface area contributed by atoms with Gasteiger partial charge in [0.2, 0.25) is 0 Å². The zero-order valence-electron chi connectivity index (χ0n) is 13.5. The molecule has 0 aliphatic carbocycles. The molecule has 0 saturated carbocycles. The van der Waals surface area contributed by atoms with Crippen LogP contribution in [0.5, 0.6) is 17.2 Å². The number of carbonyl (C=O) groups is 1. The lowest BCUT2D eigenvalue weighted by Crippen LogP contribution is -2.34. The molecule has 0 atom stereocenters. The molecule has 0 saturated heterocycles. The van der Waals surface area contributed by atoms with Crippen LogP contribution in [-0.4, -0.2) is 39.1 Å². The Morgan fingerprint density at radius 1 is 1.14 bits per heavy atom. The Labute approximate surface area is 135 Å². The van der Waals surface area contributed by atoms with Crippen molar-refractivity contribution in [3.8, 4) is 17.2 Å². The summed E-state index contributed by atoms with van der Waals surface area (Å²) < 4.78 is 20.9. The Bertz CT molecular complexity index is 513. The highest BCUT2D eigenvalue weighted by Gasteiger charge is 2.16. The van der Waals surface area contributed by atoms with Gasteiger partial charge in [-0.1, -0.05) is 11.6 Å². The molecule has 6 nitrogen and oxygen atoms in total. The van der Waals surface area contributed by atoms with E-state index in [0.29, 0.717) is 28.8 Å². The van der Waals surface area contributed by atoms with E-state index in [1.54, 1.807) is 32.9 Å². The molecule has 0 bridgehead atoms. The molecular weight excluding hydrogens is 310 g/mol. The van der Waals surface area contributed by atoms with Crippen molar-refractivity contribution < 1.29 is 23.7 Å². The molecular formula is C15H22ClNO5. The summed E-state index contributed by atoms with van der Waals surface area (Å²) in [6, 6.07) is 3.24. The average Bonchev–Trinajstić information content (AvgIpc) is 2.42. The molecule has 0 radical (unpaired) electrons. The van der Waals surface area contributed by atoms with Crippen molar-refractivity contribution in [1.29, 1.82) is 0 Å². The van der Waals surface area contributed by atoms with Crippen LogP contribution < -0.4 is 19.5 Å². The first kappa shape index (κ1) is 18.2. The van der Waals surface area contributed by atoms with Crippen LogP contribution >= 0.6 is 11.6 Å². The lowest BCUT2D eigenvalue weighted by atomic mass is 10.2. The Balaban J connectivity index is 2.50. The van der Waals surface area contributed by atoms with Crippen molar-refractivity contribution in [3.63, 3.8) is 0 Å². The normalized spacial score (nSPS) is 10.8. The fourth-order valence-corrected chi connectivity index (χ4v) is 1.78. The molecule has 7 heteroatoms. The Kier molecular flexibility index (Phi) is 6.61. The quantitative estimate of drug-likeness (QED) is 0.810. The van der Waals surface area contributed by atoms with Crippen LogP contribution in [0.25, 0.3) is 0 Å². The van der Waals surface area contributed by atoms with Gasteiger partial charge in [0.05, 0.1) is 25.8 Å². The first-order chi connectivity index (χ1) is 10.3. The number of carbonyl (C=O) groups excluding carboxylic acids is 1. The zero-order valence-corrected chi connectivity index (χ0v) is 14.2. The molecule has 0 unspecified atom stereocenters.